The number of hydrogen-bond acceptors (Lipinski definition) is 2. The van der Waals surface area contributed by atoms with Gasteiger partial charge in [0.15, 0.2) is 0 Å². The van der Waals surface area contributed by atoms with Gasteiger partial charge in [-0.2, -0.15) is 0 Å². The van der Waals surface area contributed by atoms with Crippen LogP contribution < -0.4 is 0 Å². The Morgan fingerprint density at radius 1 is 0.554 bits per heavy atom. The minimum atomic E-state index is 0.0380. The lowest BCUT2D eigenvalue weighted by Crippen LogP contribution is -2.66. The van der Waals surface area contributed by atoms with Crippen LogP contribution >= 0.6 is 0 Å². The summed E-state index contributed by atoms with van der Waals surface area (Å²) in [7, 11) is 0. The summed E-state index contributed by atoms with van der Waals surface area (Å²) in [5.41, 5.74) is 3.18. The summed E-state index contributed by atoms with van der Waals surface area (Å²) >= 11 is 0. The molecule has 0 unspecified atom stereocenters. The van der Waals surface area contributed by atoms with Crippen molar-refractivity contribution in [3.05, 3.63) is 12.2 Å². The van der Waals surface area contributed by atoms with Crippen molar-refractivity contribution in [3.63, 3.8) is 0 Å². The van der Waals surface area contributed by atoms with Crippen molar-refractivity contribution >= 4 is 5.97 Å². The zero-order chi connectivity index (χ0) is 40.5. The highest BCUT2D eigenvalue weighted by atomic mass is 16.5. The van der Waals surface area contributed by atoms with Crippen molar-refractivity contribution in [2.75, 3.05) is 0 Å². The zero-order valence-corrected chi connectivity index (χ0v) is 39.1. The van der Waals surface area contributed by atoms with Crippen LogP contribution in [0.3, 0.4) is 0 Å². The highest BCUT2D eigenvalue weighted by Gasteiger charge is 2.70. The average molecular weight is 777 g/mol. The van der Waals surface area contributed by atoms with E-state index in [2.05, 4.69) is 62.0 Å². The molecule has 0 N–H and O–H groups in total. The van der Waals surface area contributed by atoms with Crippen LogP contribution in [0.2, 0.25) is 0 Å². The van der Waals surface area contributed by atoms with Crippen LogP contribution in [-0.4, -0.2) is 12.1 Å². The number of carbonyl (C=O) groups excluding carboxylic acids is 1. The molecule has 324 valence electrons. The van der Waals surface area contributed by atoms with Gasteiger partial charge in [-0.1, -0.05) is 189 Å². The first-order valence-electron chi connectivity index (χ1n) is 25.6. The van der Waals surface area contributed by atoms with E-state index in [1.54, 1.807) is 0 Å². The topological polar surface area (TPSA) is 26.3 Å². The van der Waals surface area contributed by atoms with Gasteiger partial charge in [-0.3, -0.25) is 4.79 Å². The van der Waals surface area contributed by atoms with E-state index in [1.807, 2.05) is 0 Å². The lowest BCUT2D eigenvalue weighted by atomic mass is 9.32. The quantitative estimate of drug-likeness (QED) is 0.0554. The molecule has 5 rings (SSSR count). The Hall–Kier alpha value is -0.790. The molecule has 0 heterocycles. The molecule has 5 saturated carbocycles. The van der Waals surface area contributed by atoms with Gasteiger partial charge in [-0.15, -0.1) is 0 Å². The second-order valence-corrected chi connectivity index (χ2v) is 23.0. The number of fused-ring (bicyclic) bond motifs is 7. The average Bonchev–Trinajstić information content (AvgIpc) is 3.51. The number of esters is 1. The molecular weight excluding hydrogens is 681 g/mol. The molecule has 0 aliphatic heterocycles. The Kier molecular flexibility index (Phi) is 17.1. The summed E-state index contributed by atoms with van der Waals surface area (Å²) in [5.74, 6) is 3.89. The summed E-state index contributed by atoms with van der Waals surface area (Å²) in [6, 6.07) is 0. The molecule has 0 aromatic heterocycles. The fourth-order valence-electron chi connectivity index (χ4n) is 15.6. The molecule has 0 aromatic rings. The highest BCUT2D eigenvalue weighted by Crippen LogP contribution is 2.77. The van der Waals surface area contributed by atoms with E-state index in [9.17, 15) is 4.79 Å². The van der Waals surface area contributed by atoms with Crippen LogP contribution in [0, 0.1) is 56.7 Å². The van der Waals surface area contributed by atoms with Crippen LogP contribution in [0.25, 0.3) is 0 Å². The SMILES string of the molecule is C=C(C)[C@@H]1CC[C@]2(C)CC[C@]3(C)[C@H](CC[C@@H]4[C@@]5(C)CC[C@H](OC(=O)CCCCCCCCCCCCCCCCCCCCCCC)C(C)(C)[C@@H]5CC[C@]43C)[C@@H]12. The maximum atomic E-state index is 13.3. The number of hydrogen-bond donors (Lipinski definition) is 0. The molecule has 0 amide bonds. The molecule has 0 spiro atoms. The van der Waals surface area contributed by atoms with E-state index in [0.717, 1.165) is 36.5 Å². The third kappa shape index (κ3) is 10.2. The fraction of sp³-hybridized carbons (Fsp3) is 0.944. The Balaban J connectivity index is 0.948. The number of carbonyl (C=O) groups is 1. The molecule has 5 fully saturated rings. The molecule has 0 bridgehead atoms. The van der Waals surface area contributed by atoms with E-state index >= 15 is 0 Å². The van der Waals surface area contributed by atoms with Crippen molar-refractivity contribution in [3.8, 4) is 0 Å². The Morgan fingerprint density at radius 2 is 1.07 bits per heavy atom. The first-order chi connectivity index (χ1) is 26.7. The third-order valence-corrected chi connectivity index (χ3v) is 19.2. The molecule has 56 heavy (non-hydrogen) atoms. The van der Waals surface area contributed by atoms with E-state index in [4.69, 9.17) is 4.74 Å². The number of allylic oxidation sites excluding steroid dienone is 1. The van der Waals surface area contributed by atoms with Crippen molar-refractivity contribution in [1.82, 2.24) is 0 Å². The van der Waals surface area contributed by atoms with Gasteiger partial charge in [0.1, 0.15) is 6.10 Å². The predicted molar refractivity (Wildman–Crippen MR) is 242 cm³/mol. The molecule has 0 saturated heterocycles. The molecule has 0 aromatic carbocycles. The van der Waals surface area contributed by atoms with Crippen LogP contribution in [0.4, 0.5) is 0 Å². The Bertz CT molecular complexity index is 1220. The van der Waals surface area contributed by atoms with Gasteiger partial charge in [-0.25, -0.2) is 0 Å². The fourth-order valence-corrected chi connectivity index (χ4v) is 15.6. The summed E-state index contributed by atoms with van der Waals surface area (Å²) in [6.07, 6.45) is 43.3. The largest absolute Gasteiger partial charge is 0.462 e. The van der Waals surface area contributed by atoms with Gasteiger partial charge in [-0.05, 0) is 129 Å². The number of unbranched alkanes of at least 4 members (excludes halogenated alkanes) is 20. The first kappa shape index (κ1) is 46.3. The monoisotopic (exact) mass is 777 g/mol. The normalized spacial score (nSPS) is 37.3. The highest BCUT2D eigenvalue weighted by molar-refractivity contribution is 5.69. The van der Waals surface area contributed by atoms with E-state index < -0.39 is 0 Å². The molecule has 10 atom stereocenters. The van der Waals surface area contributed by atoms with Crippen molar-refractivity contribution in [2.24, 2.45) is 56.7 Å². The van der Waals surface area contributed by atoms with Gasteiger partial charge in [0, 0.05) is 11.8 Å². The minimum absolute atomic E-state index is 0.0380. The Morgan fingerprint density at radius 3 is 1.59 bits per heavy atom. The molecule has 5 aliphatic carbocycles. The summed E-state index contributed by atoms with van der Waals surface area (Å²) < 4.78 is 6.46. The lowest BCUT2D eigenvalue weighted by Gasteiger charge is -2.73. The summed E-state index contributed by atoms with van der Waals surface area (Å²) in [4.78, 5) is 13.3. The minimum Gasteiger partial charge on any atom is -0.462 e. The van der Waals surface area contributed by atoms with Crippen molar-refractivity contribution < 1.29 is 9.53 Å². The number of rotatable bonds is 24. The van der Waals surface area contributed by atoms with Crippen LogP contribution in [0.1, 0.15) is 261 Å². The summed E-state index contributed by atoms with van der Waals surface area (Å²) in [6.45, 7) is 25.0. The van der Waals surface area contributed by atoms with Crippen molar-refractivity contribution in [1.29, 1.82) is 0 Å². The van der Waals surface area contributed by atoms with Gasteiger partial charge in [0.2, 0.25) is 0 Å². The van der Waals surface area contributed by atoms with Crippen LogP contribution in [-0.2, 0) is 9.53 Å². The maximum absolute atomic E-state index is 13.3. The van der Waals surface area contributed by atoms with Gasteiger partial charge in [0.05, 0.1) is 0 Å². The van der Waals surface area contributed by atoms with Gasteiger partial charge >= 0.3 is 5.97 Å². The van der Waals surface area contributed by atoms with Crippen LogP contribution in [0.15, 0.2) is 12.2 Å². The summed E-state index contributed by atoms with van der Waals surface area (Å²) in [5, 5.41) is 0. The second kappa shape index (κ2) is 20.7. The molecule has 2 nitrogen and oxygen atoms in total. The third-order valence-electron chi connectivity index (χ3n) is 19.2. The van der Waals surface area contributed by atoms with E-state index in [1.165, 1.54) is 192 Å². The Labute approximate surface area is 350 Å². The molecule has 2 heteroatoms. The van der Waals surface area contributed by atoms with E-state index in [0.29, 0.717) is 34.0 Å². The van der Waals surface area contributed by atoms with Crippen LogP contribution in [0.5, 0.6) is 0 Å². The molecule has 0 radical (unpaired) electrons. The van der Waals surface area contributed by atoms with Crippen molar-refractivity contribution in [2.45, 2.75) is 267 Å². The van der Waals surface area contributed by atoms with Gasteiger partial charge < -0.3 is 4.74 Å². The van der Waals surface area contributed by atoms with E-state index in [-0.39, 0.29) is 17.5 Å². The van der Waals surface area contributed by atoms with Gasteiger partial charge in [0.25, 0.3) is 0 Å². The zero-order valence-electron chi connectivity index (χ0n) is 39.1. The maximum Gasteiger partial charge on any atom is 0.306 e. The second-order valence-electron chi connectivity index (χ2n) is 23.0. The standard InChI is InChI=1S/C54H96O2/c1-10-11-12-13-14-15-16-17-18-19-20-21-22-23-24-25-26-27-28-29-30-31-48(55)56-47-36-38-52(7)45(50(47,4)5)35-39-54(9)46(52)33-32-44-49-43(42(2)3)34-37-51(49,6)40-41-53(44,54)8/h43-47,49H,2,10-41H2,1,3-9H3/t43-,44+,45-,46+,47-,49+,51+,52-,53+,54+/m0/s1. The lowest BCUT2D eigenvalue weighted by molar-refractivity contribution is -0.249. The molecular formula is C54H96O2. The smallest absolute Gasteiger partial charge is 0.306 e. The number of ether oxygens (including phenoxy) is 1. The first-order valence-corrected chi connectivity index (χ1v) is 25.6. The molecule has 5 aliphatic rings. The predicted octanol–water partition coefficient (Wildman–Crippen LogP) is 17.2.